The number of hydrogen-bond donors (Lipinski definition) is 1. The third kappa shape index (κ3) is 5.51. The van der Waals surface area contributed by atoms with Crippen molar-refractivity contribution < 1.29 is 17.5 Å². The average molecular weight is 364 g/mol. The minimum atomic E-state index is -3.45. The molecule has 3 rings (SSSR count). The van der Waals surface area contributed by atoms with Crippen molar-refractivity contribution >= 4 is 10.0 Å². The summed E-state index contributed by atoms with van der Waals surface area (Å²) >= 11 is 0. The Morgan fingerprint density at radius 2 is 1.80 bits per heavy atom. The smallest absolute Gasteiger partial charge is 0.216 e. The standard InChI is InChI=1S/C18H21FN2O3S/c19-15-6-4-14(5-7-15)13-25(22,23)21-16-8-10-17(11-9-16)24-18-3-1-2-12-20-18/h1-7,12,16-17,21H,8-11,13H2. The van der Waals surface area contributed by atoms with Gasteiger partial charge in [-0.05, 0) is 49.4 Å². The van der Waals surface area contributed by atoms with Crippen LogP contribution in [0.4, 0.5) is 4.39 Å². The lowest BCUT2D eigenvalue weighted by Crippen LogP contribution is -2.40. The Labute approximate surface area is 147 Å². The van der Waals surface area contributed by atoms with Crippen molar-refractivity contribution in [2.24, 2.45) is 0 Å². The van der Waals surface area contributed by atoms with Crippen molar-refractivity contribution in [2.75, 3.05) is 0 Å². The van der Waals surface area contributed by atoms with E-state index in [1.807, 2.05) is 18.2 Å². The molecule has 0 spiro atoms. The maximum Gasteiger partial charge on any atom is 0.216 e. The summed E-state index contributed by atoms with van der Waals surface area (Å²) < 4.78 is 46.0. The van der Waals surface area contributed by atoms with E-state index in [1.165, 1.54) is 24.3 Å². The fourth-order valence-corrected chi connectivity index (χ4v) is 4.44. The second kappa shape index (κ2) is 7.93. The molecule has 0 saturated heterocycles. The average Bonchev–Trinajstić information content (AvgIpc) is 2.59. The first-order valence-corrected chi connectivity index (χ1v) is 9.97. The van der Waals surface area contributed by atoms with E-state index >= 15 is 0 Å². The van der Waals surface area contributed by atoms with Gasteiger partial charge >= 0.3 is 0 Å². The number of pyridine rings is 1. The van der Waals surface area contributed by atoms with Gasteiger partial charge in [-0.15, -0.1) is 0 Å². The van der Waals surface area contributed by atoms with Gasteiger partial charge in [0.15, 0.2) is 0 Å². The molecule has 1 heterocycles. The van der Waals surface area contributed by atoms with Crippen LogP contribution in [0.1, 0.15) is 31.2 Å². The van der Waals surface area contributed by atoms with Gasteiger partial charge in [-0.3, -0.25) is 0 Å². The van der Waals surface area contributed by atoms with E-state index in [0.29, 0.717) is 11.4 Å². The third-order valence-electron chi connectivity index (χ3n) is 4.22. The number of sulfonamides is 1. The summed E-state index contributed by atoms with van der Waals surface area (Å²) in [5, 5.41) is 0. The summed E-state index contributed by atoms with van der Waals surface area (Å²) in [5.74, 6) is 0.0839. The summed E-state index contributed by atoms with van der Waals surface area (Å²) in [6, 6.07) is 11.0. The van der Waals surface area contributed by atoms with Crippen molar-refractivity contribution in [1.29, 1.82) is 0 Å². The van der Waals surface area contributed by atoms with Crippen LogP contribution in [0.5, 0.6) is 5.88 Å². The molecule has 1 saturated carbocycles. The molecule has 1 aromatic heterocycles. The van der Waals surface area contributed by atoms with Crippen LogP contribution in [0, 0.1) is 5.82 Å². The van der Waals surface area contributed by atoms with Crippen molar-refractivity contribution in [3.05, 3.63) is 60.0 Å². The Balaban J connectivity index is 1.48. The van der Waals surface area contributed by atoms with Crippen LogP contribution < -0.4 is 9.46 Å². The van der Waals surface area contributed by atoms with Gasteiger partial charge in [0.1, 0.15) is 11.9 Å². The van der Waals surface area contributed by atoms with Crippen LogP contribution in [0.15, 0.2) is 48.7 Å². The molecule has 1 aliphatic carbocycles. The van der Waals surface area contributed by atoms with E-state index in [9.17, 15) is 12.8 Å². The Morgan fingerprint density at radius 1 is 1.08 bits per heavy atom. The molecule has 0 radical (unpaired) electrons. The number of rotatable bonds is 6. The van der Waals surface area contributed by atoms with Gasteiger partial charge in [0.05, 0.1) is 5.75 Å². The fraction of sp³-hybridized carbons (Fsp3) is 0.389. The van der Waals surface area contributed by atoms with Crippen molar-refractivity contribution in [3.63, 3.8) is 0 Å². The van der Waals surface area contributed by atoms with Crippen molar-refractivity contribution in [1.82, 2.24) is 9.71 Å². The Hall–Kier alpha value is -1.99. The summed E-state index contributed by atoms with van der Waals surface area (Å²) in [6.45, 7) is 0. The largest absolute Gasteiger partial charge is 0.474 e. The van der Waals surface area contributed by atoms with Crippen LogP contribution >= 0.6 is 0 Å². The van der Waals surface area contributed by atoms with Crippen molar-refractivity contribution in [3.8, 4) is 5.88 Å². The molecule has 7 heteroatoms. The van der Waals surface area contributed by atoms with Crippen LogP contribution in [0.25, 0.3) is 0 Å². The van der Waals surface area contributed by atoms with E-state index in [-0.39, 0.29) is 23.7 Å². The molecule has 2 aromatic rings. The molecule has 0 amide bonds. The number of hydrogen-bond acceptors (Lipinski definition) is 4. The topological polar surface area (TPSA) is 68.3 Å². The molecular weight excluding hydrogens is 343 g/mol. The van der Waals surface area contributed by atoms with Gasteiger partial charge in [-0.2, -0.15) is 0 Å². The Kier molecular flexibility index (Phi) is 5.65. The molecule has 0 bridgehead atoms. The predicted octanol–water partition coefficient (Wildman–Crippen LogP) is 3.03. The lowest BCUT2D eigenvalue weighted by molar-refractivity contribution is 0.138. The Bertz CT molecular complexity index is 774. The highest BCUT2D eigenvalue weighted by Gasteiger charge is 2.26. The molecule has 1 aromatic carbocycles. The second-order valence-electron chi connectivity index (χ2n) is 6.26. The number of nitrogens with one attached hydrogen (secondary N) is 1. The highest BCUT2D eigenvalue weighted by Crippen LogP contribution is 2.23. The van der Waals surface area contributed by atoms with Gasteiger partial charge < -0.3 is 4.74 Å². The highest BCUT2D eigenvalue weighted by molar-refractivity contribution is 7.88. The molecule has 134 valence electrons. The molecule has 0 aliphatic heterocycles. The van der Waals surface area contributed by atoms with Crippen LogP contribution in [-0.2, 0) is 15.8 Å². The third-order valence-corrected chi connectivity index (χ3v) is 5.62. The van der Waals surface area contributed by atoms with E-state index in [0.717, 1.165) is 25.7 Å². The normalized spacial score (nSPS) is 21.0. The molecule has 5 nitrogen and oxygen atoms in total. The molecular formula is C18H21FN2O3S. The number of aromatic nitrogens is 1. The Morgan fingerprint density at radius 3 is 2.44 bits per heavy atom. The monoisotopic (exact) mass is 364 g/mol. The zero-order chi connectivity index (χ0) is 17.7. The summed E-state index contributed by atoms with van der Waals surface area (Å²) in [4.78, 5) is 4.14. The molecule has 0 unspecified atom stereocenters. The molecule has 0 atom stereocenters. The lowest BCUT2D eigenvalue weighted by Gasteiger charge is -2.29. The van der Waals surface area contributed by atoms with Gasteiger partial charge in [0.25, 0.3) is 0 Å². The number of ether oxygens (including phenoxy) is 1. The SMILES string of the molecule is O=S(=O)(Cc1ccc(F)cc1)NC1CCC(Oc2ccccn2)CC1. The van der Waals surface area contributed by atoms with E-state index in [1.54, 1.807) is 6.20 Å². The van der Waals surface area contributed by atoms with Gasteiger partial charge in [-0.25, -0.2) is 22.5 Å². The van der Waals surface area contributed by atoms with Gasteiger partial charge in [0.2, 0.25) is 15.9 Å². The highest BCUT2D eigenvalue weighted by atomic mass is 32.2. The van der Waals surface area contributed by atoms with Crippen LogP contribution in [0.2, 0.25) is 0 Å². The van der Waals surface area contributed by atoms with E-state index < -0.39 is 10.0 Å². The zero-order valence-corrected chi connectivity index (χ0v) is 14.6. The quantitative estimate of drug-likeness (QED) is 0.855. The first kappa shape index (κ1) is 17.8. The molecule has 1 aliphatic rings. The van der Waals surface area contributed by atoms with Crippen LogP contribution in [0.3, 0.4) is 0 Å². The second-order valence-corrected chi connectivity index (χ2v) is 8.02. The molecule has 1 fully saturated rings. The number of nitrogens with zero attached hydrogens (tertiary/aromatic N) is 1. The van der Waals surface area contributed by atoms with Crippen LogP contribution in [-0.4, -0.2) is 25.5 Å². The van der Waals surface area contributed by atoms with E-state index in [4.69, 9.17) is 4.74 Å². The first-order chi connectivity index (χ1) is 12.0. The number of halogens is 1. The summed E-state index contributed by atoms with van der Waals surface area (Å²) in [6.07, 6.45) is 4.75. The lowest BCUT2D eigenvalue weighted by atomic mass is 9.94. The maximum atomic E-state index is 12.9. The summed E-state index contributed by atoms with van der Waals surface area (Å²) in [5.41, 5.74) is 0.570. The van der Waals surface area contributed by atoms with Crippen molar-refractivity contribution in [2.45, 2.75) is 43.6 Å². The van der Waals surface area contributed by atoms with Gasteiger partial charge in [-0.1, -0.05) is 18.2 Å². The number of benzene rings is 1. The predicted molar refractivity (Wildman–Crippen MR) is 93.1 cm³/mol. The summed E-state index contributed by atoms with van der Waals surface area (Å²) in [7, 11) is -3.45. The fourth-order valence-electron chi connectivity index (χ4n) is 2.98. The zero-order valence-electron chi connectivity index (χ0n) is 13.8. The first-order valence-electron chi connectivity index (χ1n) is 8.32. The minimum absolute atomic E-state index is 0.0627. The molecule has 1 N–H and O–H groups in total. The minimum Gasteiger partial charge on any atom is -0.474 e. The maximum absolute atomic E-state index is 12.9. The van der Waals surface area contributed by atoms with Gasteiger partial charge in [0, 0.05) is 18.3 Å². The molecule has 25 heavy (non-hydrogen) atoms. The van der Waals surface area contributed by atoms with E-state index in [2.05, 4.69) is 9.71 Å².